The lowest BCUT2D eigenvalue weighted by Crippen LogP contribution is -2.18. The fraction of sp³-hybridized carbons (Fsp3) is 0.364. The highest BCUT2D eigenvalue weighted by molar-refractivity contribution is 9.10. The molecule has 0 saturated heterocycles. The lowest BCUT2D eigenvalue weighted by molar-refractivity contribution is 0.693. The first-order chi connectivity index (χ1) is 7.09. The van der Waals surface area contributed by atoms with E-state index in [0.717, 1.165) is 22.1 Å². The Labute approximate surface area is 97.4 Å². The average Bonchev–Trinajstić information content (AvgIpc) is 2.44. The maximum Gasteiger partial charge on any atom is 0.0729 e. The highest BCUT2D eigenvalue weighted by Crippen LogP contribution is 2.27. The van der Waals surface area contributed by atoms with E-state index in [0.29, 0.717) is 0 Å². The summed E-state index contributed by atoms with van der Waals surface area (Å²) in [5.41, 5.74) is 8.01. The van der Waals surface area contributed by atoms with E-state index in [1.807, 2.05) is 30.8 Å². The molecule has 0 aliphatic carbocycles. The van der Waals surface area contributed by atoms with E-state index in [1.165, 1.54) is 5.39 Å². The van der Waals surface area contributed by atoms with Crippen molar-refractivity contribution in [1.29, 1.82) is 0 Å². The van der Waals surface area contributed by atoms with Gasteiger partial charge in [-0.1, -0.05) is 22.0 Å². The van der Waals surface area contributed by atoms with Crippen molar-refractivity contribution in [3.63, 3.8) is 0 Å². The van der Waals surface area contributed by atoms with Gasteiger partial charge in [0, 0.05) is 29.4 Å². The van der Waals surface area contributed by atoms with Crippen molar-refractivity contribution in [1.82, 2.24) is 9.78 Å². The lowest BCUT2D eigenvalue weighted by Gasteiger charge is -2.02. The summed E-state index contributed by atoms with van der Waals surface area (Å²) in [5.74, 6) is 0. The van der Waals surface area contributed by atoms with E-state index >= 15 is 0 Å². The van der Waals surface area contributed by atoms with Crippen LogP contribution in [-0.2, 0) is 13.5 Å². The van der Waals surface area contributed by atoms with Crippen LogP contribution in [0.3, 0.4) is 0 Å². The van der Waals surface area contributed by atoms with Gasteiger partial charge in [0.15, 0.2) is 0 Å². The van der Waals surface area contributed by atoms with Crippen molar-refractivity contribution in [2.75, 3.05) is 0 Å². The first kappa shape index (κ1) is 10.6. The van der Waals surface area contributed by atoms with Crippen LogP contribution in [0.5, 0.6) is 0 Å². The number of hydrogen-bond donors (Lipinski definition) is 1. The Balaban J connectivity index is 2.65. The van der Waals surface area contributed by atoms with Gasteiger partial charge in [0.1, 0.15) is 0 Å². The quantitative estimate of drug-likeness (QED) is 0.907. The SMILES string of the molecule is CC(N)Cc1nn(C)c2cccc(Br)c12. The van der Waals surface area contributed by atoms with Crippen LogP contribution >= 0.6 is 15.9 Å². The van der Waals surface area contributed by atoms with Gasteiger partial charge in [-0.05, 0) is 19.1 Å². The van der Waals surface area contributed by atoms with Crippen LogP contribution in [0, 0.1) is 0 Å². The number of fused-ring (bicyclic) bond motifs is 1. The van der Waals surface area contributed by atoms with E-state index in [2.05, 4.69) is 27.1 Å². The summed E-state index contributed by atoms with van der Waals surface area (Å²) in [6, 6.07) is 6.26. The topological polar surface area (TPSA) is 43.8 Å². The van der Waals surface area contributed by atoms with Crippen molar-refractivity contribution >= 4 is 26.8 Å². The molecule has 0 aliphatic rings. The molecule has 4 heteroatoms. The average molecular weight is 268 g/mol. The fourth-order valence-corrected chi connectivity index (χ4v) is 2.39. The molecular formula is C11H14BrN3. The summed E-state index contributed by atoms with van der Waals surface area (Å²) < 4.78 is 2.99. The summed E-state index contributed by atoms with van der Waals surface area (Å²) in [6.07, 6.45) is 0.806. The smallest absolute Gasteiger partial charge is 0.0729 e. The maximum absolute atomic E-state index is 5.81. The highest BCUT2D eigenvalue weighted by atomic mass is 79.9. The molecule has 3 nitrogen and oxygen atoms in total. The minimum absolute atomic E-state index is 0.134. The highest BCUT2D eigenvalue weighted by Gasteiger charge is 2.12. The lowest BCUT2D eigenvalue weighted by atomic mass is 10.1. The van der Waals surface area contributed by atoms with E-state index in [4.69, 9.17) is 5.73 Å². The molecule has 0 saturated carbocycles. The van der Waals surface area contributed by atoms with Gasteiger partial charge in [-0.15, -0.1) is 0 Å². The monoisotopic (exact) mass is 267 g/mol. The Morgan fingerprint density at radius 3 is 2.93 bits per heavy atom. The second kappa shape index (κ2) is 3.94. The Bertz CT molecular complexity index is 488. The summed E-state index contributed by atoms with van der Waals surface area (Å²) in [6.45, 7) is 2.00. The first-order valence-electron chi connectivity index (χ1n) is 4.95. The van der Waals surface area contributed by atoms with Crippen LogP contribution in [0.1, 0.15) is 12.6 Å². The minimum Gasteiger partial charge on any atom is -0.328 e. The molecule has 2 rings (SSSR count). The third-order valence-corrected chi connectivity index (χ3v) is 3.08. The summed E-state index contributed by atoms with van der Waals surface area (Å²) in [4.78, 5) is 0. The van der Waals surface area contributed by atoms with Crippen LogP contribution in [0.15, 0.2) is 22.7 Å². The summed E-state index contributed by atoms with van der Waals surface area (Å²) in [7, 11) is 1.96. The second-order valence-corrected chi connectivity index (χ2v) is 4.74. The van der Waals surface area contributed by atoms with Crippen LogP contribution in [-0.4, -0.2) is 15.8 Å². The number of aryl methyl sites for hydroxylation is 1. The summed E-state index contributed by atoms with van der Waals surface area (Å²) in [5, 5.41) is 5.68. The number of hydrogen-bond acceptors (Lipinski definition) is 2. The standard InChI is InChI=1S/C11H14BrN3/c1-7(13)6-9-11-8(12)4-3-5-10(11)15(2)14-9/h3-5,7H,6,13H2,1-2H3. The molecule has 0 amide bonds. The van der Waals surface area contributed by atoms with Crippen LogP contribution < -0.4 is 5.73 Å². The Hall–Kier alpha value is -0.870. The predicted octanol–water partition coefficient (Wildman–Crippen LogP) is 2.23. The maximum atomic E-state index is 5.81. The zero-order valence-electron chi connectivity index (χ0n) is 8.87. The van der Waals surface area contributed by atoms with Crippen LogP contribution in [0.4, 0.5) is 0 Å². The van der Waals surface area contributed by atoms with E-state index < -0.39 is 0 Å². The van der Waals surface area contributed by atoms with Crippen molar-refractivity contribution in [3.05, 3.63) is 28.4 Å². The van der Waals surface area contributed by atoms with Crippen molar-refractivity contribution in [2.24, 2.45) is 12.8 Å². The molecule has 1 aromatic carbocycles. The molecule has 1 aromatic heterocycles. The molecule has 2 N–H and O–H groups in total. The zero-order valence-corrected chi connectivity index (χ0v) is 10.5. The molecule has 0 spiro atoms. The number of benzene rings is 1. The third-order valence-electron chi connectivity index (χ3n) is 2.41. The second-order valence-electron chi connectivity index (χ2n) is 3.89. The molecule has 0 radical (unpaired) electrons. The van der Waals surface area contributed by atoms with Crippen molar-refractivity contribution in [2.45, 2.75) is 19.4 Å². The Kier molecular flexibility index (Phi) is 2.80. The molecule has 0 aliphatic heterocycles. The van der Waals surface area contributed by atoms with Crippen molar-refractivity contribution < 1.29 is 0 Å². The molecule has 2 aromatic rings. The van der Waals surface area contributed by atoms with Gasteiger partial charge >= 0.3 is 0 Å². The Morgan fingerprint density at radius 2 is 2.27 bits per heavy atom. The van der Waals surface area contributed by atoms with Gasteiger partial charge in [0.2, 0.25) is 0 Å². The zero-order chi connectivity index (χ0) is 11.0. The molecule has 0 bridgehead atoms. The molecule has 80 valence electrons. The van der Waals surface area contributed by atoms with Gasteiger partial charge in [-0.25, -0.2) is 0 Å². The molecular weight excluding hydrogens is 254 g/mol. The van der Waals surface area contributed by atoms with E-state index in [1.54, 1.807) is 0 Å². The van der Waals surface area contributed by atoms with Gasteiger partial charge in [0.05, 0.1) is 11.2 Å². The number of aromatic nitrogens is 2. The first-order valence-corrected chi connectivity index (χ1v) is 5.74. The number of halogens is 1. The molecule has 1 atom stereocenters. The number of rotatable bonds is 2. The number of nitrogens with zero attached hydrogens (tertiary/aromatic N) is 2. The molecule has 1 unspecified atom stereocenters. The van der Waals surface area contributed by atoms with Gasteiger partial charge in [-0.2, -0.15) is 5.10 Å². The van der Waals surface area contributed by atoms with E-state index in [9.17, 15) is 0 Å². The third kappa shape index (κ3) is 1.92. The van der Waals surface area contributed by atoms with E-state index in [-0.39, 0.29) is 6.04 Å². The normalized spacial score (nSPS) is 13.3. The van der Waals surface area contributed by atoms with Gasteiger partial charge in [0.25, 0.3) is 0 Å². The summed E-state index contributed by atoms with van der Waals surface area (Å²) >= 11 is 3.56. The van der Waals surface area contributed by atoms with Crippen LogP contribution in [0.25, 0.3) is 10.9 Å². The van der Waals surface area contributed by atoms with Crippen molar-refractivity contribution in [3.8, 4) is 0 Å². The van der Waals surface area contributed by atoms with Crippen LogP contribution in [0.2, 0.25) is 0 Å². The van der Waals surface area contributed by atoms with Gasteiger partial charge in [-0.3, -0.25) is 4.68 Å². The Morgan fingerprint density at radius 1 is 1.53 bits per heavy atom. The molecule has 0 fully saturated rings. The fourth-order valence-electron chi connectivity index (χ4n) is 1.80. The van der Waals surface area contributed by atoms with Gasteiger partial charge < -0.3 is 5.73 Å². The largest absolute Gasteiger partial charge is 0.328 e. The predicted molar refractivity (Wildman–Crippen MR) is 65.8 cm³/mol. The molecule has 15 heavy (non-hydrogen) atoms. The number of nitrogens with two attached hydrogens (primary N) is 1. The minimum atomic E-state index is 0.134. The molecule has 1 heterocycles.